The van der Waals surface area contributed by atoms with Gasteiger partial charge in [-0.05, 0) is 36.4 Å². The number of carbonyl (C=O) groups is 1. The largest absolute Gasteiger partial charge is 0.496 e. The van der Waals surface area contributed by atoms with Crippen LogP contribution in [0.15, 0.2) is 48.5 Å². The highest BCUT2D eigenvalue weighted by Gasteiger charge is 2.27. The van der Waals surface area contributed by atoms with Gasteiger partial charge >= 0.3 is 0 Å². The Balaban J connectivity index is 1.60. The van der Waals surface area contributed by atoms with Crippen LogP contribution in [0.3, 0.4) is 0 Å². The van der Waals surface area contributed by atoms with Gasteiger partial charge in [0.05, 0.1) is 25.8 Å². The van der Waals surface area contributed by atoms with Gasteiger partial charge < -0.3 is 19.1 Å². The number of hydrogen-bond acceptors (Lipinski definition) is 4. The van der Waals surface area contributed by atoms with Crippen molar-refractivity contribution in [2.24, 2.45) is 0 Å². The van der Waals surface area contributed by atoms with E-state index in [2.05, 4.69) is 0 Å². The van der Waals surface area contributed by atoms with E-state index < -0.39 is 0 Å². The number of para-hydroxylation sites is 1. The number of rotatable bonds is 5. The third-order valence-corrected chi connectivity index (χ3v) is 4.01. The Hall–Kier alpha value is -2.60. The maximum Gasteiger partial charge on any atom is 0.257 e. The Bertz CT molecular complexity index is 720. The number of amides is 1. The molecule has 0 bridgehead atoms. The van der Waals surface area contributed by atoms with Crippen molar-refractivity contribution >= 4 is 5.91 Å². The second-order valence-electron chi connectivity index (χ2n) is 5.71. The van der Waals surface area contributed by atoms with E-state index in [1.54, 1.807) is 36.3 Å². The zero-order valence-corrected chi connectivity index (χ0v) is 14.0. The summed E-state index contributed by atoms with van der Waals surface area (Å²) in [6.07, 6.45) is -0.238. The van der Waals surface area contributed by atoms with Crippen molar-refractivity contribution in [3.63, 3.8) is 0 Å². The predicted molar refractivity (Wildman–Crippen MR) is 90.5 cm³/mol. The quantitative estimate of drug-likeness (QED) is 0.836. The van der Waals surface area contributed by atoms with E-state index in [1.807, 2.05) is 12.1 Å². The minimum absolute atomic E-state index is 0.0902. The highest BCUT2D eigenvalue weighted by Crippen LogP contribution is 2.21. The van der Waals surface area contributed by atoms with Crippen LogP contribution in [0, 0.1) is 5.82 Å². The standard InChI is InChI=1S/C19H20FNO4/c1-23-18-5-3-2-4-17(18)19(22)21-10-11-24-16(12-21)13-25-15-8-6-14(20)7-9-15/h2-9,16H,10-13H2,1H3. The average molecular weight is 345 g/mol. The molecule has 0 radical (unpaired) electrons. The van der Waals surface area contributed by atoms with Crippen molar-refractivity contribution < 1.29 is 23.4 Å². The Kier molecular flexibility index (Phi) is 5.50. The summed E-state index contributed by atoms with van der Waals surface area (Å²) in [5.41, 5.74) is 0.533. The SMILES string of the molecule is COc1ccccc1C(=O)N1CCOC(COc2ccc(F)cc2)C1. The lowest BCUT2D eigenvalue weighted by Crippen LogP contribution is -2.47. The molecule has 1 unspecified atom stereocenters. The fourth-order valence-electron chi connectivity index (χ4n) is 2.72. The van der Waals surface area contributed by atoms with Gasteiger partial charge in [-0.15, -0.1) is 0 Å². The van der Waals surface area contributed by atoms with Crippen molar-refractivity contribution in [2.45, 2.75) is 6.10 Å². The number of morpholine rings is 1. The number of benzene rings is 2. The van der Waals surface area contributed by atoms with E-state index >= 15 is 0 Å². The normalized spacial score (nSPS) is 17.2. The molecule has 3 rings (SSSR count). The molecule has 2 aromatic rings. The van der Waals surface area contributed by atoms with Crippen LogP contribution < -0.4 is 9.47 Å². The number of ether oxygens (including phenoxy) is 3. The highest BCUT2D eigenvalue weighted by atomic mass is 19.1. The van der Waals surface area contributed by atoms with E-state index in [4.69, 9.17) is 14.2 Å². The summed E-state index contributed by atoms with van der Waals surface area (Å²) in [7, 11) is 1.55. The monoisotopic (exact) mass is 345 g/mol. The van der Waals surface area contributed by atoms with Gasteiger partial charge in [-0.3, -0.25) is 4.79 Å². The number of nitrogens with zero attached hydrogens (tertiary/aromatic N) is 1. The van der Waals surface area contributed by atoms with Gasteiger partial charge in [-0.2, -0.15) is 0 Å². The first-order valence-electron chi connectivity index (χ1n) is 8.09. The van der Waals surface area contributed by atoms with Gasteiger partial charge in [0.2, 0.25) is 0 Å². The highest BCUT2D eigenvalue weighted by molar-refractivity contribution is 5.97. The summed E-state index contributed by atoms with van der Waals surface area (Å²) in [5.74, 6) is 0.721. The molecule has 25 heavy (non-hydrogen) atoms. The van der Waals surface area contributed by atoms with E-state index in [0.29, 0.717) is 43.4 Å². The first-order chi connectivity index (χ1) is 12.2. The van der Waals surface area contributed by atoms with Crippen molar-refractivity contribution in [2.75, 3.05) is 33.4 Å². The van der Waals surface area contributed by atoms with E-state index in [9.17, 15) is 9.18 Å². The van der Waals surface area contributed by atoms with Crippen molar-refractivity contribution in [1.29, 1.82) is 0 Å². The van der Waals surface area contributed by atoms with Crippen molar-refractivity contribution in [3.8, 4) is 11.5 Å². The zero-order chi connectivity index (χ0) is 17.6. The van der Waals surface area contributed by atoms with Gasteiger partial charge in [0.1, 0.15) is 30.0 Å². The Morgan fingerprint density at radius 2 is 2.00 bits per heavy atom. The van der Waals surface area contributed by atoms with Gasteiger partial charge in [0.25, 0.3) is 5.91 Å². The number of methoxy groups -OCH3 is 1. The number of halogens is 1. The van der Waals surface area contributed by atoms with E-state index in [-0.39, 0.29) is 17.8 Å². The molecule has 0 N–H and O–H groups in total. The molecule has 0 aromatic heterocycles. The maximum atomic E-state index is 12.9. The molecule has 132 valence electrons. The minimum Gasteiger partial charge on any atom is -0.496 e. The molecular weight excluding hydrogens is 325 g/mol. The van der Waals surface area contributed by atoms with E-state index in [1.165, 1.54) is 12.1 Å². The number of carbonyl (C=O) groups excluding carboxylic acids is 1. The predicted octanol–water partition coefficient (Wildman–Crippen LogP) is 2.75. The molecule has 1 amide bonds. The molecule has 6 heteroatoms. The minimum atomic E-state index is -0.310. The molecule has 1 heterocycles. The summed E-state index contributed by atoms with van der Waals surface area (Å²) >= 11 is 0. The Labute approximate surface area is 145 Å². The third kappa shape index (κ3) is 4.28. The fourth-order valence-corrected chi connectivity index (χ4v) is 2.72. The smallest absolute Gasteiger partial charge is 0.257 e. The summed E-state index contributed by atoms with van der Waals surface area (Å²) in [6.45, 7) is 1.68. The van der Waals surface area contributed by atoms with Gasteiger partial charge in [-0.25, -0.2) is 4.39 Å². The summed E-state index contributed by atoms with van der Waals surface area (Å²) in [4.78, 5) is 14.5. The Morgan fingerprint density at radius 3 is 2.76 bits per heavy atom. The molecule has 2 aromatic carbocycles. The van der Waals surface area contributed by atoms with Crippen molar-refractivity contribution in [3.05, 3.63) is 59.9 Å². The first kappa shape index (κ1) is 17.2. The zero-order valence-electron chi connectivity index (χ0n) is 14.0. The molecule has 1 aliphatic rings. The second-order valence-corrected chi connectivity index (χ2v) is 5.71. The van der Waals surface area contributed by atoms with Crippen LogP contribution in [0.25, 0.3) is 0 Å². The van der Waals surface area contributed by atoms with Crippen LogP contribution >= 0.6 is 0 Å². The van der Waals surface area contributed by atoms with Crippen LogP contribution in [-0.4, -0.2) is 50.3 Å². The Morgan fingerprint density at radius 1 is 1.24 bits per heavy atom. The lowest BCUT2D eigenvalue weighted by Gasteiger charge is -2.33. The first-order valence-corrected chi connectivity index (χ1v) is 8.09. The van der Waals surface area contributed by atoms with Gasteiger partial charge in [0, 0.05) is 6.54 Å². The molecule has 5 nitrogen and oxygen atoms in total. The van der Waals surface area contributed by atoms with Crippen LogP contribution in [0.5, 0.6) is 11.5 Å². The topological polar surface area (TPSA) is 48.0 Å². The third-order valence-electron chi connectivity index (χ3n) is 4.01. The number of hydrogen-bond donors (Lipinski definition) is 0. The molecule has 1 aliphatic heterocycles. The van der Waals surface area contributed by atoms with Crippen LogP contribution in [0.2, 0.25) is 0 Å². The summed E-state index contributed by atoms with van der Waals surface area (Å²) < 4.78 is 29.5. The van der Waals surface area contributed by atoms with Gasteiger partial charge in [-0.1, -0.05) is 12.1 Å². The van der Waals surface area contributed by atoms with Crippen molar-refractivity contribution in [1.82, 2.24) is 4.90 Å². The van der Waals surface area contributed by atoms with Gasteiger partial charge in [0.15, 0.2) is 0 Å². The lowest BCUT2D eigenvalue weighted by molar-refractivity contribution is -0.0401. The summed E-state index contributed by atoms with van der Waals surface area (Å²) in [5, 5.41) is 0. The van der Waals surface area contributed by atoms with Crippen LogP contribution in [0.1, 0.15) is 10.4 Å². The molecule has 1 saturated heterocycles. The van der Waals surface area contributed by atoms with Crippen LogP contribution in [0.4, 0.5) is 4.39 Å². The molecule has 0 spiro atoms. The van der Waals surface area contributed by atoms with E-state index in [0.717, 1.165) is 0 Å². The molecular formula is C19H20FNO4. The molecule has 1 fully saturated rings. The summed E-state index contributed by atoms with van der Waals surface area (Å²) in [6, 6.07) is 13.0. The van der Waals surface area contributed by atoms with Crippen LogP contribution in [-0.2, 0) is 4.74 Å². The molecule has 0 saturated carbocycles. The molecule has 1 atom stereocenters. The second kappa shape index (κ2) is 7.98. The molecule has 0 aliphatic carbocycles. The lowest BCUT2D eigenvalue weighted by atomic mass is 10.1. The average Bonchev–Trinajstić information content (AvgIpc) is 2.67. The fraction of sp³-hybridized carbons (Fsp3) is 0.316. The maximum absolute atomic E-state index is 12.9.